The molecule has 1 heterocycles. The summed E-state index contributed by atoms with van der Waals surface area (Å²) < 4.78 is 0. The minimum absolute atomic E-state index is 0.0149. The Hall–Kier alpha value is -2.67. The molecule has 1 aliphatic carbocycles. The van der Waals surface area contributed by atoms with Gasteiger partial charge in [-0.05, 0) is 45.2 Å². The third-order valence-electron chi connectivity index (χ3n) is 6.04. The molecule has 0 radical (unpaired) electrons. The van der Waals surface area contributed by atoms with Crippen molar-refractivity contribution in [3.8, 4) is 0 Å². The van der Waals surface area contributed by atoms with Crippen molar-refractivity contribution < 1.29 is 19.2 Å². The van der Waals surface area contributed by atoms with Crippen LogP contribution in [-0.2, 0) is 25.7 Å². The van der Waals surface area contributed by atoms with Crippen molar-refractivity contribution in [2.45, 2.75) is 58.7 Å². The predicted octanol–water partition coefficient (Wildman–Crippen LogP) is 2.92. The number of hydrogen-bond donors (Lipinski definition) is 1. The van der Waals surface area contributed by atoms with E-state index in [4.69, 9.17) is 11.6 Å². The van der Waals surface area contributed by atoms with E-state index in [1.54, 1.807) is 25.1 Å². The van der Waals surface area contributed by atoms with Crippen LogP contribution in [0.1, 0.15) is 45.6 Å². The first-order valence-corrected chi connectivity index (χ1v) is 11.4. The summed E-state index contributed by atoms with van der Waals surface area (Å²) in [6, 6.07) is 6.35. The summed E-state index contributed by atoms with van der Waals surface area (Å²) in [6.07, 6.45) is 4.94. The van der Waals surface area contributed by atoms with Gasteiger partial charge in [-0.2, -0.15) is 0 Å². The van der Waals surface area contributed by atoms with Crippen LogP contribution in [0.5, 0.6) is 0 Å². The van der Waals surface area contributed by atoms with Gasteiger partial charge in [-0.15, -0.1) is 0 Å². The van der Waals surface area contributed by atoms with Crippen molar-refractivity contribution in [3.05, 3.63) is 47.0 Å². The van der Waals surface area contributed by atoms with Gasteiger partial charge in [-0.3, -0.25) is 24.1 Å². The molecule has 1 aromatic rings. The molecule has 1 aliphatic heterocycles. The number of benzene rings is 1. The first kappa shape index (κ1) is 24.0. The first-order valence-electron chi connectivity index (χ1n) is 11.0. The number of nitrogens with one attached hydrogen (secondary N) is 1. The quantitative estimate of drug-likeness (QED) is 0.478. The molecule has 172 valence electrons. The predicted molar refractivity (Wildman–Crippen MR) is 121 cm³/mol. The third-order valence-corrected chi connectivity index (χ3v) is 6.41. The maximum atomic E-state index is 13.2. The van der Waals surface area contributed by atoms with Gasteiger partial charge >= 0.3 is 0 Å². The smallest absolute Gasteiger partial charge is 0.242 e. The lowest BCUT2D eigenvalue weighted by molar-refractivity contribution is -0.143. The number of rotatable bonds is 8. The highest BCUT2D eigenvalue weighted by Crippen LogP contribution is 2.35. The number of nitrogens with zero attached hydrogens (tertiary/aromatic N) is 2. The summed E-state index contributed by atoms with van der Waals surface area (Å²) in [5, 5.41) is 3.33. The molecular formula is C24H30ClN3O4. The van der Waals surface area contributed by atoms with E-state index in [1.807, 2.05) is 32.1 Å². The fourth-order valence-corrected chi connectivity index (χ4v) is 4.43. The summed E-state index contributed by atoms with van der Waals surface area (Å²) in [5.41, 5.74) is 0.720. The van der Waals surface area contributed by atoms with Crippen LogP contribution in [0.3, 0.4) is 0 Å². The van der Waals surface area contributed by atoms with E-state index < -0.39 is 6.04 Å². The Morgan fingerprint density at radius 2 is 1.69 bits per heavy atom. The molecule has 1 aromatic carbocycles. The number of halogens is 1. The molecule has 7 nitrogen and oxygen atoms in total. The van der Waals surface area contributed by atoms with Crippen LogP contribution in [0.25, 0.3) is 0 Å². The van der Waals surface area contributed by atoms with Gasteiger partial charge in [-0.1, -0.05) is 42.0 Å². The van der Waals surface area contributed by atoms with E-state index in [0.717, 1.165) is 5.56 Å². The Balaban J connectivity index is 1.73. The summed E-state index contributed by atoms with van der Waals surface area (Å²) in [5.74, 6) is -1.65. The van der Waals surface area contributed by atoms with Crippen LogP contribution in [0.15, 0.2) is 36.4 Å². The number of fused-ring (bicyclic) bond motifs is 1. The Morgan fingerprint density at radius 1 is 1.09 bits per heavy atom. The Labute approximate surface area is 193 Å². The van der Waals surface area contributed by atoms with Crippen LogP contribution in [0, 0.1) is 11.8 Å². The largest absolute Gasteiger partial charge is 0.352 e. The molecule has 8 heteroatoms. The second-order valence-electron chi connectivity index (χ2n) is 8.69. The third kappa shape index (κ3) is 5.21. The lowest BCUT2D eigenvalue weighted by Crippen LogP contribution is -2.49. The van der Waals surface area contributed by atoms with E-state index >= 15 is 0 Å². The van der Waals surface area contributed by atoms with E-state index in [-0.39, 0.29) is 61.0 Å². The number of carbonyl (C=O) groups is 4. The molecule has 4 amide bonds. The SMILES string of the molecule is CC(C)NC(=O)[C@H](C)N(Cc1ccccc1Cl)C(=O)CCN1C(=O)[C@H]2CC=CC[C@H]2C1=O. The fraction of sp³-hybridized carbons (Fsp3) is 0.500. The lowest BCUT2D eigenvalue weighted by Gasteiger charge is -2.30. The zero-order valence-electron chi connectivity index (χ0n) is 18.7. The normalized spacial score (nSPS) is 21.0. The first-order chi connectivity index (χ1) is 15.2. The average molecular weight is 460 g/mol. The average Bonchev–Trinajstić information content (AvgIpc) is 3.00. The van der Waals surface area contributed by atoms with Gasteiger partial charge in [0.25, 0.3) is 0 Å². The van der Waals surface area contributed by atoms with Gasteiger partial charge in [0.2, 0.25) is 23.6 Å². The summed E-state index contributed by atoms with van der Waals surface area (Å²) in [7, 11) is 0. The van der Waals surface area contributed by atoms with Crippen molar-refractivity contribution in [1.82, 2.24) is 15.1 Å². The topological polar surface area (TPSA) is 86.8 Å². The van der Waals surface area contributed by atoms with Crippen LogP contribution in [0.2, 0.25) is 5.02 Å². The molecular weight excluding hydrogens is 430 g/mol. The molecule has 1 saturated heterocycles. The highest BCUT2D eigenvalue weighted by molar-refractivity contribution is 6.31. The zero-order chi connectivity index (χ0) is 23.4. The fourth-order valence-electron chi connectivity index (χ4n) is 4.24. The van der Waals surface area contributed by atoms with Crippen molar-refractivity contribution >= 4 is 35.2 Å². The monoisotopic (exact) mass is 459 g/mol. The molecule has 2 aliphatic rings. The Morgan fingerprint density at radius 3 is 2.25 bits per heavy atom. The zero-order valence-corrected chi connectivity index (χ0v) is 19.5. The van der Waals surface area contributed by atoms with Gasteiger partial charge in [-0.25, -0.2) is 0 Å². The molecule has 0 aromatic heterocycles. The summed E-state index contributed by atoms with van der Waals surface area (Å²) in [4.78, 5) is 53.9. The van der Waals surface area contributed by atoms with Crippen molar-refractivity contribution in [1.29, 1.82) is 0 Å². The summed E-state index contributed by atoms with van der Waals surface area (Å²) in [6.45, 7) is 5.54. The second-order valence-corrected chi connectivity index (χ2v) is 9.09. The van der Waals surface area contributed by atoms with Gasteiger partial charge in [0, 0.05) is 30.6 Å². The van der Waals surface area contributed by atoms with Crippen LogP contribution in [-0.4, -0.2) is 52.1 Å². The Kier molecular flexibility index (Phi) is 7.72. The minimum Gasteiger partial charge on any atom is -0.352 e. The highest BCUT2D eigenvalue weighted by Gasteiger charge is 2.47. The molecule has 0 saturated carbocycles. The van der Waals surface area contributed by atoms with E-state index in [1.165, 1.54) is 9.80 Å². The molecule has 0 bridgehead atoms. The van der Waals surface area contributed by atoms with Crippen molar-refractivity contribution in [2.75, 3.05) is 6.54 Å². The maximum Gasteiger partial charge on any atom is 0.242 e. The number of likely N-dealkylation sites (tertiary alicyclic amines) is 1. The van der Waals surface area contributed by atoms with Gasteiger partial charge in [0.05, 0.1) is 11.8 Å². The van der Waals surface area contributed by atoms with Gasteiger partial charge < -0.3 is 10.2 Å². The van der Waals surface area contributed by atoms with Crippen molar-refractivity contribution in [3.63, 3.8) is 0 Å². The number of allylic oxidation sites excluding steroid dienone is 2. The molecule has 0 unspecified atom stereocenters. The van der Waals surface area contributed by atoms with Crippen LogP contribution in [0.4, 0.5) is 0 Å². The molecule has 32 heavy (non-hydrogen) atoms. The van der Waals surface area contributed by atoms with Crippen LogP contribution >= 0.6 is 11.6 Å². The number of hydrogen-bond acceptors (Lipinski definition) is 4. The number of imide groups is 1. The molecule has 0 spiro atoms. The maximum absolute atomic E-state index is 13.2. The highest BCUT2D eigenvalue weighted by atomic mass is 35.5. The molecule has 1 fully saturated rings. The summed E-state index contributed by atoms with van der Waals surface area (Å²) >= 11 is 6.29. The molecule has 3 rings (SSSR count). The number of carbonyl (C=O) groups excluding carboxylic acids is 4. The van der Waals surface area contributed by atoms with E-state index in [9.17, 15) is 19.2 Å². The number of amides is 4. The lowest BCUT2D eigenvalue weighted by atomic mass is 9.85. The standard InChI is InChI=1S/C24H30ClN3O4/c1-15(2)26-22(30)16(3)28(14-17-8-4-7-11-20(17)25)21(29)12-13-27-23(31)18-9-5-6-10-19(18)24(27)32/h4-8,11,15-16,18-19H,9-10,12-14H2,1-3H3,(H,26,30)/t16-,18-,19+/m0/s1. The van der Waals surface area contributed by atoms with Crippen molar-refractivity contribution in [2.24, 2.45) is 11.8 Å². The molecule has 1 N–H and O–H groups in total. The van der Waals surface area contributed by atoms with Gasteiger partial charge in [0.15, 0.2) is 0 Å². The molecule has 3 atom stereocenters. The Bertz CT molecular complexity index is 904. The van der Waals surface area contributed by atoms with Gasteiger partial charge in [0.1, 0.15) is 6.04 Å². The van der Waals surface area contributed by atoms with E-state index in [0.29, 0.717) is 17.9 Å². The van der Waals surface area contributed by atoms with Crippen LogP contribution < -0.4 is 5.32 Å². The second kappa shape index (κ2) is 10.3. The minimum atomic E-state index is -0.738. The van der Waals surface area contributed by atoms with E-state index in [2.05, 4.69) is 5.32 Å².